The molecule has 0 bridgehead atoms. The van der Waals surface area contributed by atoms with E-state index in [0.717, 1.165) is 18.4 Å². The molecule has 5 heteroatoms. The van der Waals surface area contributed by atoms with E-state index in [9.17, 15) is 4.79 Å². The first-order valence-electron chi connectivity index (χ1n) is 4.51. The van der Waals surface area contributed by atoms with Crippen LogP contribution in [0, 0.1) is 0 Å². The summed E-state index contributed by atoms with van der Waals surface area (Å²) < 4.78 is 2.44. The van der Waals surface area contributed by atoms with Crippen LogP contribution in [0.1, 0.15) is 17.3 Å². The predicted octanol–water partition coefficient (Wildman–Crippen LogP) is 3.10. The van der Waals surface area contributed by atoms with Gasteiger partial charge >= 0.3 is 0 Å². The van der Waals surface area contributed by atoms with Crippen LogP contribution in [-0.2, 0) is 6.54 Å². The highest BCUT2D eigenvalue weighted by molar-refractivity contribution is 7.14. The van der Waals surface area contributed by atoms with Crippen molar-refractivity contribution >= 4 is 29.2 Å². The monoisotopic (exact) mass is 240 g/mol. The Morgan fingerprint density at radius 1 is 1.67 bits per heavy atom. The minimum absolute atomic E-state index is 0.603. The fourth-order valence-corrected chi connectivity index (χ4v) is 2.21. The Labute approximate surface area is 96.3 Å². The molecular formula is C10H9ClN2OS. The molecule has 2 aromatic rings. The van der Waals surface area contributed by atoms with E-state index >= 15 is 0 Å². The summed E-state index contributed by atoms with van der Waals surface area (Å²) in [5, 5.41) is 6.22. The van der Waals surface area contributed by atoms with Gasteiger partial charge < -0.3 is 0 Å². The van der Waals surface area contributed by atoms with Crippen molar-refractivity contribution in [3.8, 4) is 11.3 Å². The standard InChI is InChI=1S/C10H9ClN2OS/c1-2-13-4-8(5-14)10(12-13)7-3-9(11)15-6-7/h3-6H,2H2,1H3. The van der Waals surface area contributed by atoms with Crippen LogP contribution >= 0.6 is 22.9 Å². The number of aldehydes is 1. The topological polar surface area (TPSA) is 34.9 Å². The molecule has 0 aliphatic rings. The molecule has 15 heavy (non-hydrogen) atoms. The minimum Gasteiger partial charge on any atom is -0.298 e. The normalized spacial score (nSPS) is 10.5. The molecule has 0 aliphatic heterocycles. The molecule has 2 rings (SSSR count). The van der Waals surface area contributed by atoms with Crippen molar-refractivity contribution in [3.63, 3.8) is 0 Å². The van der Waals surface area contributed by atoms with Crippen molar-refractivity contribution in [1.29, 1.82) is 0 Å². The van der Waals surface area contributed by atoms with E-state index in [2.05, 4.69) is 5.10 Å². The average molecular weight is 241 g/mol. The summed E-state index contributed by atoms with van der Waals surface area (Å²) in [6.07, 6.45) is 2.56. The highest BCUT2D eigenvalue weighted by Crippen LogP contribution is 2.29. The van der Waals surface area contributed by atoms with Crippen molar-refractivity contribution in [1.82, 2.24) is 9.78 Å². The van der Waals surface area contributed by atoms with Crippen LogP contribution in [0.5, 0.6) is 0 Å². The largest absolute Gasteiger partial charge is 0.298 e. The molecule has 2 aromatic heterocycles. The Kier molecular flexibility index (Phi) is 2.88. The Morgan fingerprint density at radius 2 is 2.47 bits per heavy atom. The van der Waals surface area contributed by atoms with Gasteiger partial charge in [0.25, 0.3) is 0 Å². The summed E-state index contributed by atoms with van der Waals surface area (Å²) in [7, 11) is 0. The van der Waals surface area contributed by atoms with Gasteiger partial charge in [0.2, 0.25) is 0 Å². The third kappa shape index (κ3) is 1.96. The number of aryl methyl sites for hydroxylation is 1. The number of halogens is 1. The van der Waals surface area contributed by atoms with Gasteiger partial charge in [-0.2, -0.15) is 5.10 Å². The number of nitrogens with zero attached hydrogens (tertiary/aromatic N) is 2. The van der Waals surface area contributed by atoms with Gasteiger partial charge in [-0.3, -0.25) is 9.48 Å². The summed E-state index contributed by atoms with van der Waals surface area (Å²) in [5.74, 6) is 0. The molecule has 2 heterocycles. The van der Waals surface area contributed by atoms with Crippen molar-refractivity contribution < 1.29 is 4.79 Å². The number of hydrogen-bond donors (Lipinski definition) is 0. The molecule has 0 aromatic carbocycles. The zero-order valence-corrected chi connectivity index (χ0v) is 9.68. The zero-order chi connectivity index (χ0) is 10.8. The van der Waals surface area contributed by atoms with Crippen molar-refractivity contribution in [2.75, 3.05) is 0 Å². The third-order valence-electron chi connectivity index (χ3n) is 2.08. The average Bonchev–Trinajstić information content (AvgIpc) is 2.82. The molecule has 0 radical (unpaired) electrons. The van der Waals surface area contributed by atoms with E-state index < -0.39 is 0 Å². The third-order valence-corrected chi connectivity index (χ3v) is 3.17. The molecular weight excluding hydrogens is 232 g/mol. The van der Waals surface area contributed by atoms with E-state index in [1.54, 1.807) is 10.9 Å². The molecule has 0 unspecified atom stereocenters. The molecule has 0 fully saturated rings. The van der Waals surface area contributed by atoms with Crippen LogP contribution in [-0.4, -0.2) is 16.1 Å². The molecule has 0 spiro atoms. The lowest BCUT2D eigenvalue weighted by molar-refractivity contribution is 0.112. The first-order valence-corrected chi connectivity index (χ1v) is 5.77. The fraction of sp³-hybridized carbons (Fsp3) is 0.200. The maximum atomic E-state index is 10.9. The Hall–Kier alpha value is -1.13. The summed E-state index contributed by atoms with van der Waals surface area (Å²) in [6, 6.07) is 1.82. The number of hydrogen-bond acceptors (Lipinski definition) is 3. The Bertz CT molecular complexity index is 489. The second-order valence-corrected chi connectivity index (χ2v) is 4.59. The first kappa shape index (κ1) is 10.4. The summed E-state index contributed by atoms with van der Waals surface area (Å²) in [5.41, 5.74) is 2.21. The molecule has 78 valence electrons. The smallest absolute Gasteiger partial charge is 0.153 e. The maximum Gasteiger partial charge on any atom is 0.153 e. The van der Waals surface area contributed by atoms with Gasteiger partial charge in [-0.05, 0) is 13.0 Å². The lowest BCUT2D eigenvalue weighted by atomic mass is 10.2. The molecule has 0 amide bonds. The number of aromatic nitrogens is 2. The number of carbonyl (C=O) groups is 1. The first-order chi connectivity index (χ1) is 7.24. The van der Waals surface area contributed by atoms with Crippen LogP contribution in [0.2, 0.25) is 4.34 Å². The molecule has 0 saturated heterocycles. The Morgan fingerprint density at radius 3 is 3.00 bits per heavy atom. The second kappa shape index (κ2) is 4.16. The van der Waals surface area contributed by atoms with Gasteiger partial charge in [0.1, 0.15) is 5.69 Å². The van der Waals surface area contributed by atoms with Crippen LogP contribution in [0.15, 0.2) is 17.6 Å². The number of carbonyl (C=O) groups excluding carboxylic acids is 1. The molecule has 0 atom stereocenters. The van der Waals surface area contributed by atoms with E-state index in [-0.39, 0.29) is 0 Å². The summed E-state index contributed by atoms with van der Waals surface area (Å²) in [4.78, 5) is 10.9. The van der Waals surface area contributed by atoms with Crippen LogP contribution in [0.4, 0.5) is 0 Å². The van der Waals surface area contributed by atoms with Crippen LogP contribution in [0.3, 0.4) is 0 Å². The van der Waals surface area contributed by atoms with Gasteiger partial charge in [0, 0.05) is 23.7 Å². The van der Waals surface area contributed by atoms with Crippen LogP contribution < -0.4 is 0 Å². The zero-order valence-electron chi connectivity index (χ0n) is 8.11. The SMILES string of the molecule is CCn1cc(C=O)c(-c2csc(Cl)c2)n1. The van der Waals surface area contributed by atoms with Gasteiger partial charge in [-0.25, -0.2) is 0 Å². The van der Waals surface area contributed by atoms with Gasteiger partial charge in [0.15, 0.2) is 6.29 Å². The van der Waals surface area contributed by atoms with Crippen molar-refractivity contribution in [3.05, 3.63) is 27.5 Å². The van der Waals surface area contributed by atoms with E-state index in [0.29, 0.717) is 15.6 Å². The van der Waals surface area contributed by atoms with Crippen molar-refractivity contribution in [2.45, 2.75) is 13.5 Å². The fourth-order valence-electron chi connectivity index (χ4n) is 1.34. The van der Waals surface area contributed by atoms with E-state index in [1.165, 1.54) is 11.3 Å². The number of thiophene rings is 1. The Balaban J connectivity index is 2.51. The summed E-state index contributed by atoms with van der Waals surface area (Å²) in [6.45, 7) is 2.73. The predicted molar refractivity (Wildman–Crippen MR) is 61.6 cm³/mol. The lowest BCUT2D eigenvalue weighted by Gasteiger charge is -1.92. The molecule has 3 nitrogen and oxygen atoms in total. The van der Waals surface area contributed by atoms with Crippen LogP contribution in [0.25, 0.3) is 11.3 Å². The van der Waals surface area contributed by atoms with Gasteiger partial charge in [-0.15, -0.1) is 11.3 Å². The molecule has 0 N–H and O–H groups in total. The molecule has 0 aliphatic carbocycles. The number of rotatable bonds is 3. The van der Waals surface area contributed by atoms with Crippen molar-refractivity contribution in [2.24, 2.45) is 0 Å². The highest BCUT2D eigenvalue weighted by atomic mass is 35.5. The minimum atomic E-state index is 0.603. The second-order valence-electron chi connectivity index (χ2n) is 3.05. The quantitative estimate of drug-likeness (QED) is 0.773. The highest BCUT2D eigenvalue weighted by Gasteiger charge is 2.11. The molecule has 0 saturated carbocycles. The van der Waals surface area contributed by atoms with Gasteiger partial charge in [-0.1, -0.05) is 11.6 Å². The van der Waals surface area contributed by atoms with E-state index in [1.807, 2.05) is 18.4 Å². The lowest BCUT2D eigenvalue weighted by Crippen LogP contribution is -1.93. The van der Waals surface area contributed by atoms with Gasteiger partial charge in [0.05, 0.1) is 9.90 Å². The summed E-state index contributed by atoms with van der Waals surface area (Å²) >= 11 is 7.28. The maximum absolute atomic E-state index is 10.9. The van der Waals surface area contributed by atoms with E-state index in [4.69, 9.17) is 11.6 Å².